The van der Waals surface area contributed by atoms with Gasteiger partial charge in [0, 0.05) is 6.54 Å². The molecule has 0 aromatic carbocycles. The highest BCUT2D eigenvalue weighted by molar-refractivity contribution is 7.12. The number of aliphatic hydroxyl groups is 1. The maximum Gasteiger partial charge on any atom is 0.261 e. The van der Waals surface area contributed by atoms with Crippen molar-refractivity contribution in [3.63, 3.8) is 0 Å². The monoisotopic (exact) mass is 312 g/mol. The van der Waals surface area contributed by atoms with E-state index in [0.29, 0.717) is 18.0 Å². The van der Waals surface area contributed by atoms with Gasteiger partial charge in [0.25, 0.3) is 5.91 Å². The van der Waals surface area contributed by atoms with E-state index in [1.165, 1.54) is 11.3 Å². The normalized spacial score (nSPS) is 25.4. The van der Waals surface area contributed by atoms with Gasteiger partial charge >= 0.3 is 0 Å². The first kappa shape index (κ1) is 16.4. The Bertz CT molecular complexity index is 438. The zero-order chi connectivity index (χ0) is 15.2. The lowest BCUT2D eigenvalue weighted by molar-refractivity contribution is 0.0199. The molecule has 1 aromatic heterocycles. The van der Waals surface area contributed by atoms with Crippen LogP contribution in [0.1, 0.15) is 29.4 Å². The summed E-state index contributed by atoms with van der Waals surface area (Å²) < 4.78 is 5.64. The maximum absolute atomic E-state index is 12.0. The Morgan fingerprint density at radius 1 is 1.62 bits per heavy atom. The van der Waals surface area contributed by atoms with E-state index in [1.807, 2.05) is 18.5 Å². The number of carbonyl (C=O) groups is 1. The topological polar surface area (TPSA) is 61.8 Å². The Kier molecular flexibility index (Phi) is 6.17. The van der Waals surface area contributed by atoms with Crippen LogP contribution in [0.5, 0.6) is 0 Å². The molecule has 0 aliphatic carbocycles. The van der Waals surface area contributed by atoms with E-state index >= 15 is 0 Å². The number of amides is 1. The first-order valence-corrected chi connectivity index (χ1v) is 8.32. The van der Waals surface area contributed by atoms with E-state index < -0.39 is 6.10 Å². The molecule has 0 radical (unpaired) electrons. The average Bonchev–Trinajstić information content (AvgIpc) is 3.10. The summed E-state index contributed by atoms with van der Waals surface area (Å²) in [5, 5.41) is 15.0. The summed E-state index contributed by atoms with van der Waals surface area (Å²) in [6.07, 6.45) is 1.40. The van der Waals surface area contributed by atoms with Gasteiger partial charge in [0.2, 0.25) is 0 Å². The van der Waals surface area contributed by atoms with Crippen LogP contribution in [0.2, 0.25) is 0 Å². The van der Waals surface area contributed by atoms with Gasteiger partial charge in [-0.25, -0.2) is 0 Å². The third-order valence-corrected chi connectivity index (χ3v) is 4.60. The van der Waals surface area contributed by atoms with Crippen LogP contribution >= 0.6 is 11.3 Å². The summed E-state index contributed by atoms with van der Waals surface area (Å²) >= 11 is 1.39. The molecule has 3 atom stereocenters. The smallest absolute Gasteiger partial charge is 0.261 e. The van der Waals surface area contributed by atoms with E-state index in [0.717, 1.165) is 19.4 Å². The number of likely N-dealkylation sites (N-methyl/N-ethyl adjacent to an activating group) is 1. The molecule has 0 bridgehead atoms. The summed E-state index contributed by atoms with van der Waals surface area (Å²) in [7, 11) is 2.03. The summed E-state index contributed by atoms with van der Waals surface area (Å²) in [5.74, 6) is -0.141. The Hall–Kier alpha value is -0.950. The third-order valence-electron chi connectivity index (χ3n) is 3.73. The Labute approximate surface area is 129 Å². The molecular weight excluding hydrogens is 288 g/mol. The lowest BCUT2D eigenvalue weighted by Gasteiger charge is -2.23. The van der Waals surface area contributed by atoms with E-state index in [4.69, 9.17) is 4.74 Å². The number of unbranched alkanes of at least 4 members (excludes halogenated alkanes) is 1. The quantitative estimate of drug-likeness (QED) is 0.797. The fourth-order valence-corrected chi connectivity index (χ4v) is 3.07. The molecule has 1 saturated heterocycles. The molecule has 1 amide bonds. The van der Waals surface area contributed by atoms with Crippen LogP contribution in [-0.4, -0.2) is 60.9 Å². The molecule has 2 rings (SSSR count). The molecule has 0 saturated carbocycles. The number of thiophene rings is 1. The summed E-state index contributed by atoms with van der Waals surface area (Å²) in [4.78, 5) is 14.8. The molecule has 5 nitrogen and oxygen atoms in total. The Balaban J connectivity index is 1.81. The average molecular weight is 312 g/mol. The minimum absolute atomic E-state index is 0.141. The van der Waals surface area contributed by atoms with Crippen molar-refractivity contribution in [2.75, 3.05) is 26.7 Å². The van der Waals surface area contributed by atoms with Crippen molar-refractivity contribution in [2.24, 2.45) is 0 Å². The van der Waals surface area contributed by atoms with Gasteiger partial charge in [-0.05, 0) is 31.5 Å². The molecule has 1 fully saturated rings. The molecule has 2 N–H and O–H groups in total. The van der Waals surface area contributed by atoms with Crippen molar-refractivity contribution >= 4 is 17.2 Å². The van der Waals surface area contributed by atoms with Gasteiger partial charge in [-0.1, -0.05) is 19.4 Å². The summed E-state index contributed by atoms with van der Waals surface area (Å²) in [6.45, 7) is 4.21. The molecule has 3 unspecified atom stereocenters. The van der Waals surface area contributed by atoms with Crippen molar-refractivity contribution < 1.29 is 14.6 Å². The number of rotatable bonds is 7. The Morgan fingerprint density at radius 3 is 3.10 bits per heavy atom. The van der Waals surface area contributed by atoms with Crippen LogP contribution in [0, 0.1) is 0 Å². The van der Waals surface area contributed by atoms with Crippen LogP contribution in [0.25, 0.3) is 0 Å². The lowest BCUT2D eigenvalue weighted by Crippen LogP contribution is -2.46. The predicted molar refractivity (Wildman–Crippen MR) is 83.7 cm³/mol. The van der Waals surface area contributed by atoms with Gasteiger partial charge in [-0.2, -0.15) is 0 Å². The summed E-state index contributed by atoms with van der Waals surface area (Å²) in [6, 6.07) is 3.29. The second-order valence-electron chi connectivity index (χ2n) is 5.54. The highest BCUT2D eigenvalue weighted by atomic mass is 32.1. The SMILES string of the molecule is CCCCN(C)CC1OCC(NC(=O)c2cccs2)C1O. The number of ether oxygens (including phenoxy) is 1. The molecule has 0 spiro atoms. The van der Waals surface area contributed by atoms with Crippen molar-refractivity contribution in [3.8, 4) is 0 Å². The number of carbonyl (C=O) groups excluding carboxylic acids is 1. The number of hydrogen-bond acceptors (Lipinski definition) is 5. The first-order chi connectivity index (χ1) is 10.1. The van der Waals surface area contributed by atoms with Gasteiger partial charge in [0.1, 0.15) is 6.10 Å². The number of hydrogen-bond donors (Lipinski definition) is 2. The molecule has 21 heavy (non-hydrogen) atoms. The number of nitrogens with one attached hydrogen (secondary N) is 1. The highest BCUT2D eigenvalue weighted by Gasteiger charge is 2.37. The molecule has 118 valence electrons. The van der Waals surface area contributed by atoms with Crippen LogP contribution < -0.4 is 5.32 Å². The van der Waals surface area contributed by atoms with Crippen molar-refractivity contribution in [2.45, 2.75) is 38.0 Å². The maximum atomic E-state index is 12.0. The fraction of sp³-hybridized carbons (Fsp3) is 0.667. The van der Waals surface area contributed by atoms with Gasteiger partial charge in [-0.3, -0.25) is 4.79 Å². The second kappa shape index (κ2) is 7.89. The van der Waals surface area contributed by atoms with E-state index in [2.05, 4.69) is 17.1 Å². The number of nitrogens with zero attached hydrogens (tertiary/aromatic N) is 1. The Morgan fingerprint density at radius 2 is 2.43 bits per heavy atom. The van der Waals surface area contributed by atoms with Gasteiger partial charge in [0.05, 0.1) is 23.6 Å². The number of aliphatic hydroxyl groups excluding tert-OH is 1. The second-order valence-corrected chi connectivity index (χ2v) is 6.48. The van der Waals surface area contributed by atoms with Crippen LogP contribution in [-0.2, 0) is 4.74 Å². The fourth-order valence-electron chi connectivity index (χ4n) is 2.45. The minimum atomic E-state index is -0.655. The van der Waals surface area contributed by atoms with E-state index in [-0.39, 0.29) is 18.1 Å². The third kappa shape index (κ3) is 4.51. The van der Waals surface area contributed by atoms with Crippen LogP contribution in [0.15, 0.2) is 17.5 Å². The predicted octanol–water partition coefficient (Wildman–Crippen LogP) is 1.34. The molecule has 1 aromatic rings. The van der Waals surface area contributed by atoms with Crippen molar-refractivity contribution in [1.82, 2.24) is 10.2 Å². The zero-order valence-corrected chi connectivity index (χ0v) is 13.4. The van der Waals surface area contributed by atoms with Crippen LogP contribution in [0.4, 0.5) is 0 Å². The van der Waals surface area contributed by atoms with Gasteiger partial charge in [-0.15, -0.1) is 11.3 Å². The first-order valence-electron chi connectivity index (χ1n) is 7.44. The molecular formula is C15H24N2O3S. The van der Waals surface area contributed by atoms with E-state index in [9.17, 15) is 9.90 Å². The molecule has 1 aliphatic heterocycles. The largest absolute Gasteiger partial charge is 0.388 e. The van der Waals surface area contributed by atoms with E-state index in [1.54, 1.807) is 6.07 Å². The van der Waals surface area contributed by atoms with Crippen molar-refractivity contribution in [3.05, 3.63) is 22.4 Å². The molecule has 1 aliphatic rings. The zero-order valence-electron chi connectivity index (χ0n) is 12.6. The highest BCUT2D eigenvalue weighted by Crippen LogP contribution is 2.17. The molecule has 2 heterocycles. The van der Waals surface area contributed by atoms with Crippen molar-refractivity contribution in [1.29, 1.82) is 0 Å². The van der Waals surface area contributed by atoms with Gasteiger partial charge in [0.15, 0.2) is 0 Å². The van der Waals surface area contributed by atoms with Crippen LogP contribution in [0.3, 0.4) is 0 Å². The minimum Gasteiger partial charge on any atom is -0.388 e. The summed E-state index contributed by atoms with van der Waals surface area (Å²) in [5.41, 5.74) is 0. The molecule has 6 heteroatoms. The standard InChI is InChI=1S/C15H24N2O3S/c1-3-4-7-17(2)9-12-14(18)11(10-20-12)16-15(19)13-6-5-8-21-13/h5-6,8,11-12,14,18H,3-4,7,9-10H2,1-2H3,(H,16,19). The lowest BCUT2D eigenvalue weighted by atomic mass is 10.1. The van der Waals surface area contributed by atoms with Gasteiger partial charge < -0.3 is 20.1 Å².